The summed E-state index contributed by atoms with van der Waals surface area (Å²) in [7, 11) is -0.397. The molecule has 0 saturated carbocycles. The molecule has 0 aliphatic rings. The molecule has 114 valence electrons. The molecule has 3 nitrogen and oxygen atoms in total. The predicted molar refractivity (Wildman–Crippen MR) is 87.6 cm³/mol. The zero-order chi connectivity index (χ0) is 16.2. The molecule has 0 spiro atoms. The second-order valence-corrected chi connectivity index (χ2v) is 6.17. The van der Waals surface area contributed by atoms with Crippen molar-refractivity contribution in [1.82, 2.24) is 0 Å². The van der Waals surface area contributed by atoms with Gasteiger partial charge in [0.05, 0.1) is 0 Å². The number of para-hydroxylation sites is 1. The van der Waals surface area contributed by atoms with Crippen LogP contribution in [0.4, 0.5) is 0 Å². The molecular formula is C18H19O3P. The lowest BCUT2D eigenvalue weighted by Gasteiger charge is -2.31. The van der Waals surface area contributed by atoms with Crippen LogP contribution >= 0.6 is 8.69 Å². The quantitative estimate of drug-likeness (QED) is 0.538. The standard InChI is InChI=1S/C18H19O3P/c1-13(15-11-7-8-12-16(15)21-22-20)18(2,3)17(19)14-9-5-4-6-10-14/h4-13H,1-3H3. The van der Waals surface area contributed by atoms with Gasteiger partial charge in [-0.15, -0.1) is 0 Å². The maximum absolute atomic E-state index is 12.8. The Hall–Kier alpha value is -1.99. The van der Waals surface area contributed by atoms with Crippen molar-refractivity contribution < 1.29 is 13.9 Å². The zero-order valence-electron chi connectivity index (χ0n) is 12.9. The normalized spacial score (nSPS) is 12.9. The van der Waals surface area contributed by atoms with E-state index in [0.717, 1.165) is 5.56 Å². The lowest BCUT2D eigenvalue weighted by atomic mass is 9.71. The highest BCUT2D eigenvalue weighted by molar-refractivity contribution is 7.17. The molecule has 0 heterocycles. The van der Waals surface area contributed by atoms with Gasteiger partial charge in [-0.05, 0) is 17.5 Å². The van der Waals surface area contributed by atoms with Crippen molar-refractivity contribution in [2.45, 2.75) is 26.7 Å². The number of ketones is 1. The number of Topliss-reactive ketones (excluding diaryl/α,β-unsaturated/α-hetero) is 1. The lowest BCUT2D eigenvalue weighted by molar-refractivity contribution is 0.0807. The van der Waals surface area contributed by atoms with E-state index < -0.39 is 14.1 Å². The van der Waals surface area contributed by atoms with Crippen LogP contribution in [0.3, 0.4) is 0 Å². The van der Waals surface area contributed by atoms with E-state index in [1.165, 1.54) is 0 Å². The summed E-state index contributed by atoms with van der Waals surface area (Å²) in [6.45, 7) is 5.85. The third kappa shape index (κ3) is 3.26. The summed E-state index contributed by atoms with van der Waals surface area (Å²) in [6, 6.07) is 16.7. The van der Waals surface area contributed by atoms with Crippen LogP contribution in [0.2, 0.25) is 0 Å². The monoisotopic (exact) mass is 314 g/mol. The molecule has 1 atom stereocenters. The van der Waals surface area contributed by atoms with Crippen molar-refractivity contribution in [3.63, 3.8) is 0 Å². The molecule has 2 aromatic carbocycles. The van der Waals surface area contributed by atoms with E-state index in [1.807, 2.05) is 69.3 Å². The summed E-state index contributed by atoms with van der Waals surface area (Å²) in [5.41, 5.74) is 0.959. The molecule has 0 fully saturated rings. The average Bonchev–Trinajstić information content (AvgIpc) is 2.55. The molecule has 22 heavy (non-hydrogen) atoms. The van der Waals surface area contributed by atoms with Crippen LogP contribution in [-0.4, -0.2) is 5.78 Å². The minimum atomic E-state index is -0.611. The summed E-state index contributed by atoms with van der Waals surface area (Å²) >= 11 is 0. The molecule has 2 aromatic rings. The van der Waals surface area contributed by atoms with Crippen molar-refractivity contribution in [2.24, 2.45) is 5.41 Å². The smallest absolute Gasteiger partial charge is 0.395 e. The number of benzene rings is 2. The topological polar surface area (TPSA) is 43.4 Å². The molecule has 0 N–H and O–H groups in total. The van der Waals surface area contributed by atoms with Gasteiger partial charge in [-0.3, -0.25) is 4.79 Å². The van der Waals surface area contributed by atoms with Crippen molar-refractivity contribution in [3.8, 4) is 5.75 Å². The van der Waals surface area contributed by atoms with Crippen LogP contribution in [0.15, 0.2) is 54.6 Å². The maximum atomic E-state index is 12.8. The van der Waals surface area contributed by atoms with E-state index in [0.29, 0.717) is 11.3 Å². The first kappa shape index (κ1) is 16.4. The molecule has 0 radical (unpaired) electrons. The molecule has 0 amide bonds. The maximum Gasteiger partial charge on any atom is 0.395 e. The SMILES string of the molecule is CC(c1ccccc1OP=O)C(C)(C)C(=O)c1ccccc1. The zero-order valence-corrected chi connectivity index (χ0v) is 13.8. The molecule has 0 aliphatic heterocycles. The first-order valence-electron chi connectivity index (χ1n) is 7.17. The number of carbonyl (C=O) groups is 1. The van der Waals surface area contributed by atoms with Crippen LogP contribution in [0.1, 0.15) is 42.6 Å². The number of rotatable bonds is 6. The van der Waals surface area contributed by atoms with Crippen LogP contribution in [0, 0.1) is 5.41 Å². The van der Waals surface area contributed by atoms with Gasteiger partial charge in [0.15, 0.2) is 5.78 Å². The molecule has 0 saturated heterocycles. The summed E-state index contributed by atoms with van der Waals surface area (Å²) in [6.07, 6.45) is 0. The third-order valence-electron chi connectivity index (χ3n) is 4.22. The van der Waals surface area contributed by atoms with E-state index >= 15 is 0 Å². The molecule has 0 bridgehead atoms. The first-order chi connectivity index (χ1) is 10.5. The highest BCUT2D eigenvalue weighted by Gasteiger charge is 2.36. The fourth-order valence-corrected chi connectivity index (χ4v) is 2.76. The second-order valence-electron chi connectivity index (χ2n) is 5.84. The van der Waals surface area contributed by atoms with E-state index in [9.17, 15) is 9.36 Å². The van der Waals surface area contributed by atoms with Crippen molar-refractivity contribution in [2.75, 3.05) is 0 Å². The van der Waals surface area contributed by atoms with Gasteiger partial charge in [0.1, 0.15) is 5.75 Å². The molecular weight excluding hydrogens is 295 g/mol. The third-order valence-corrected chi connectivity index (χ3v) is 4.50. The Kier molecular flexibility index (Phi) is 5.10. The van der Waals surface area contributed by atoms with Crippen molar-refractivity contribution in [3.05, 3.63) is 65.7 Å². The van der Waals surface area contributed by atoms with Gasteiger partial charge in [0, 0.05) is 11.0 Å². The minimum Gasteiger partial charge on any atom is -0.407 e. The van der Waals surface area contributed by atoms with Crippen LogP contribution in [-0.2, 0) is 4.57 Å². The van der Waals surface area contributed by atoms with E-state index in [2.05, 4.69) is 0 Å². The van der Waals surface area contributed by atoms with E-state index in [-0.39, 0.29) is 11.7 Å². The number of hydrogen-bond donors (Lipinski definition) is 0. The van der Waals surface area contributed by atoms with E-state index in [1.54, 1.807) is 6.07 Å². The summed E-state index contributed by atoms with van der Waals surface area (Å²) in [5.74, 6) is 0.536. The lowest BCUT2D eigenvalue weighted by Crippen LogP contribution is -2.30. The van der Waals surface area contributed by atoms with Gasteiger partial charge in [0.2, 0.25) is 0 Å². The van der Waals surface area contributed by atoms with Crippen LogP contribution in [0.25, 0.3) is 0 Å². The van der Waals surface area contributed by atoms with Crippen molar-refractivity contribution in [1.29, 1.82) is 0 Å². The summed E-state index contributed by atoms with van der Waals surface area (Å²) in [5, 5.41) is 0. The van der Waals surface area contributed by atoms with Gasteiger partial charge >= 0.3 is 8.69 Å². The fraction of sp³-hybridized carbons (Fsp3) is 0.278. The Morgan fingerprint density at radius 1 is 1.05 bits per heavy atom. The van der Waals surface area contributed by atoms with Gasteiger partial charge in [-0.2, -0.15) is 0 Å². The Morgan fingerprint density at radius 2 is 1.64 bits per heavy atom. The largest absolute Gasteiger partial charge is 0.407 e. The van der Waals surface area contributed by atoms with Crippen LogP contribution in [0.5, 0.6) is 5.75 Å². The molecule has 4 heteroatoms. The van der Waals surface area contributed by atoms with Crippen LogP contribution < -0.4 is 4.52 Å². The van der Waals surface area contributed by atoms with Crippen molar-refractivity contribution >= 4 is 14.5 Å². The number of carbonyl (C=O) groups excluding carboxylic acids is 1. The Labute approximate surface area is 132 Å². The van der Waals surface area contributed by atoms with Gasteiger partial charge in [-0.1, -0.05) is 69.3 Å². The highest BCUT2D eigenvalue weighted by atomic mass is 31.1. The van der Waals surface area contributed by atoms with E-state index in [4.69, 9.17) is 4.52 Å². The van der Waals surface area contributed by atoms with Gasteiger partial charge < -0.3 is 4.52 Å². The molecule has 2 rings (SSSR count). The van der Waals surface area contributed by atoms with Gasteiger partial charge in [0.25, 0.3) is 0 Å². The Balaban J connectivity index is 2.37. The summed E-state index contributed by atoms with van der Waals surface area (Å²) in [4.78, 5) is 12.8. The minimum absolute atomic E-state index is 0.0788. The Morgan fingerprint density at radius 3 is 2.27 bits per heavy atom. The predicted octanol–water partition coefficient (Wildman–Crippen LogP) is 5.28. The molecule has 0 aromatic heterocycles. The summed E-state index contributed by atoms with van der Waals surface area (Å²) < 4.78 is 15.9. The fourth-order valence-electron chi connectivity index (χ4n) is 2.51. The molecule has 1 unspecified atom stereocenters. The highest BCUT2D eigenvalue weighted by Crippen LogP contribution is 2.42. The molecule has 0 aliphatic carbocycles. The second kappa shape index (κ2) is 6.85. The average molecular weight is 314 g/mol. The Bertz CT molecular complexity index is 665. The first-order valence-corrected chi connectivity index (χ1v) is 7.90. The van der Waals surface area contributed by atoms with Gasteiger partial charge in [-0.25, -0.2) is 4.57 Å². The number of hydrogen-bond acceptors (Lipinski definition) is 3.